The SMILES string of the molecule is CCCCCCCC(CCCN)CCCCCCC. The molecule has 2 N–H and O–H groups in total. The summed E-state index contributed by atoms with van der Waals surface area (Å²) in [5.74, 6) is 0.965. The number of hydrogen-bond acceptors (Lipinski definition) is 1. The van der Waals surface area contributed by atoms with Gasteiger partial charge in [0, 0.05) is 0 Å². The Kier molecular flexibility index (Phi) is 16.0. The fourth-order valence-corrected chi connectivity index (χ4v) is 2.91. The van der Waals surface area contributed by atoms with Crippen LogP contribution in [0.15, 0.2) is 0 Å². The first-order valence-corrected chi connectivity index (χ1v) is 9.05. The lowest BCUT2D eigenvalue weighted by atomic mass is 9.90. The maximum absolute atomic E-state index is 5.67. The largest absolute Gasteiger partial charge is 0.330 e. The predicted octanol–water partition coefficient (Wildman–Crippen LogP) is 6.06. The molecule has 0 aromatic carbocycles. The number of rotatable bonds is 15. The highest BCUT2D eigenvalue weighted by molar-refractivity contribution is 4.61. The zero-order valence-electron chi connectivity index (χ0n) is 13.8. The molecular formula is C18H39N. The minimum Gasteiger partial charge on any atom is -0.330 e. The zero-order valence-corrected chi connectivity index (χ0v) is 13.8. The highest BCUT2D eigenvalue weighted by Gasteiger charge is 2.07. The Bertz CT molecular complexity index is 142. The van der Waals surface area contributed by atoms with Crippen LogP contribution >= 0.6 is 0 Å². The molecule has 19 heavy (non-hydrogen) atoms. The smallest absolute Gasteiger partial charge is 0.00772 e. The first-order chi connectivity index (χ1) is 9.35. The average molecular weight is 270 g/mol. The van der Waals surface area contributed by atoms with Crippen LogP contribution in [-0.4, -0.2) is 6.54 Å². The molecule has 0 unspecified atom stereocenters. The van der Waals surface area contributed by atoms with Gasteiger partial charge >= 0.3 is 0 Å². The maximum Gasteiger partial charge on any atom is -0.00772 e. The molecule has 0 aliphatic heterocycles. The summed E-state index contributed by atoms with van der Waals surface area (Å²) in [6.45, 7) is 5.46. The van der Waals surface area contributed by atoms with Crippen molar-refractivity contribution in [2.75, 3.05) is 6.54 Å². The van der Waals surface area contributed by atoms with Crippen molar-refractivity contribution < 1.29 is 0 Å². The van der Waals surface area contributed by atoms with Gasteiger partial charge in [0.15, 0.2) is 0 Å². The monoisotopic (exact) mass is 269 g/mol. The molecule has 0 aliphatic carbocycles. The van der Waals surface area contributed by atoms with Crippen LogP contribution in [0, 0.1) is 5.92 Å². The van der Waals surface area contributed by atoms with Crippen molar-refractivity contribution in [2.24, 2.45) is 11.7 Å². The minimum absolute atomic E-state index is 0.877. The van der Waals surface area contributed by atoms with Crippen LogP contribution in [0.4, 0.5) is 0 Å². The highest BCUT2D eigenvalue weighted by atomic mass is 14.5. The lowest BCUT2D eigenvalue weighted by Crippen LogP contribution is -2.06. The molecule has 1 nitrogen and oxygen atoms in total. The molecule has 0 heterocycles. The van der Waals surface area contributed by atoms with Crippen molar-refractivity contribution in [1.29, 1.82) is 0 Å². The highest BCUT2D eigenvalue weighted by Crippen LogP contribution is 2.22. The zero-order chi connectivity index (χ0) is 14.2. The fraction of sp³-hybridized carbons (Fsp3) is 1.00. The summed E-state index contributed by atoms with van der Waals surface area (Å²) in [6.07, 6.45) is 19.7. The lowest BCUT2D eigenvalue weighted by molar-refractivity contribution is 0.374. The Labute approximate surface area is 122 Å². The molecule has 0 rings (SSSR count). The third-order valence-electron chi connectivity index (χ3n) is 4.25. The van der Waals surface area contributed by atoms with Crippen LogP contribution in [0.1, 0.15) is 104 Å². The van der Waals surface area contributed by atoms with E-state index in [1.165, 1.54) is 89.9 Å². The summed E-state index contributed by atoms with van der Waals surface area (Å²) >= 11 is 0. The lowest BCUT2D eigenvalue weighted by Gasteiger charge is -2.16. The summed E-state index contributed by atoms with van der Waals surface area (Å²) in [5.41, 5.74) is 5.67. The van der Waals surface area contributed by atoms with Crippen LogP contribution in [0.25, 0.3) is 0 Å². The van der Waals surface area contributed by atoms with Gasteiger partial charge in [0.25, 0.3) is 0 Å². The van der Waals surface area contributed by atoms with E-state index in [2.05, 4.69) is 13.8 Å². The van der Waals surface area contributed by atoms with Gasteiger partial charge in [-0.2, -0.15) is 0 Å². The van der Waals surface area contributed by atoms with E-state index in [9.17, 15) is 0 Å². The van der Waals surface area contributed by atoms with Crippen molar-refractivity contribution in [3.63, 3.8) is 0 Å². The summed E-state index contributed by atoms with van der Waals surface area (Å²) in [7, 11) is 0. The van der Waals surface area contributed by atoms with Gasteiger partial charge in [-0.05, 0) is 25.3 Å². The van der Waals surface area contributed by atoms with Crippen molar-refractivity contribution in [1.82, 2.24) is 0 Å². The molecule has 0 fully saturated rings. The molecule has 0 amide bonds. The molecular weight excluding hydrogens is 230 g/mol. The van der Waals surface area contributed by atoms with E-state index in [4.69, 9.17) is 5.73 Å². The fourth-order valence-electron chi connectivity index (χ4n) is 2.91. The Balaban J connectivity index is 3.57. The van der Waals surface area contributed by atoms with Crippen LogP contribution in [0.2, 0.25) is 0 Å². The molecule has 0 bridgehead atoms. The van der Waals surface area contributed by atoms with Gasteiger partial charge in [-0.25, -0.2) is 0 Å². The first-order valence-electron chi connectivity index (χ1n) is 9.05. The standard InChI is InChI=1S/C18H39N/c1-3-5-7-9-11-14-18(16-13-17-19)15-12-10-8-6-4-2/h18H,3-17,19H2,1-2H3. The summed E-state index contributed by atoms with van der Waals surface area (Å²) in [6, 6.07) is 0. The molecule has 0 saturated heterocycles. The number of hydrogen-bond donors (Lipinski definition) is 1. The average Bonchev–Trinajstić information content (AvgIpc) is 2.43. The van der Waals surface area contributed by atoms with Crippen LogP contribution in [0.5, 0.6) is 0 Å². The Morgan fingerprint density at radius 2 is 1.00 bits per heavy atom. The van der Waals surface area contributed by atoms with Crippen molar-refractivity contribution >= 4 is 0 Å². The second kappa shape index (κ2) is 16.0. The van der Waals surface area contributed by atoms with Gasteiger partial charge in [-0.1, -0.05) is 90.9 Å². The molecule has 0 spiro atoms. The van der Waals surface area contributed by atoms with Gasteiger partial charge in [-0.15, -0.1) is 0 Å². The van der Waals surface area contributed by atoms with Crippen LogP contribution < -0.4 is 5.73 Å². The summed E-state index contributed by atoms with van der Waals surface area (Å²) < 4.78 is 0. The molecule has 0 atom stereocenters. The maximum atomic E-state index is 5.67. The minimum atomic E-state index is 0.877. The van der Waals surface area contributed by atoms with E-state index >= 15 is 0 Å². The van der Waals surface area contributed by atoms with E-state index in [0.29, 0.717) is 0 Å². The molecule has 0 aromatic heterocycles. The van der Waals surface area contributed by atoms with Gasteiger partial charge in [0.2, 0.25) is 0 Å². The van der Waals surface area contributed by atoms with E-state index < -0.39 is 0 Å². The second-order valence-electron chi connectivity index (χ2n) is 6.20. The number of unbranched alkanes of at least 4 members (excludes halogenated alkanes) is 8. The second-order valence-corrected chi connectivity index (χ2v) is 6.20. The first kappa shape index (κ1) is 19.0. The molecule has 0 aromatic rings. The van der Waals surface area contributed by atoms with E-state index in [-0.39, 0.29) is 0 Å². The van der Waals surface area contributed by atoms with E-state index in [1.807, 2.05) is 0 Å². The van der Waals surface area contributed by atoms with Crippen molar-refractivity contribution in [3.05, 3.63) is 0 Å². The predicted molar refractivity (Wildman–Crippen MR) is 88.5 cm³/mol. The molecule has 1 heteroatoms. The van der Waals surface area contributed by atoms with E-state index in [1.54, 1.807) is 0 Å². The van der Waals surface area contributed by atoms with Gasteiger partial charge in [-0.3, -0.25) is 0 Å². The van der Waals surface area contributed by atoms with Gasteiger partial charge in [0.1, 0.15) is 0 Å². The van der Waals surface area contributed by atoms with E-state index in [0.717, 1.165) is 12.5 Å². The Hall–Kier alpha value is -0.0400. The normalized spacial score (nSPS) is 11.4. The Morgan fingerprint density at radius 3 is 1.42 bits per heavy atom. The summed E-state index contributed by atoms with van der Waals surface area (Å²) in [5, 5.41) is 0. The van der Waals surface area contributed by atoms with Gasteiger partial charge in [0.05, 0.1) is 0 Å². The molecule has 0 radical (unpaired) electrons. The van der Waals surface area contributed by atoms with Crippen molar-refractivity contribution in [2.45, 2.75) is 104 Å². The third-order valence-corrected chi connectivity index (χ3v) is 4.25. The van der Waals surface area contributed by atoms with Crippen molar-refractivity contribution in [3.8, 4) is 0 Å². The van der Waals surface area contributed by atoms with Crippen LogP contribution in [0.3, 0.4) is 0 Å². The molecule has 0 aliphatic rings. The van der Waals surface area contributed by atoms with Crippen LogP contribution in [-0.2, 0) is 0 Å². The topological polar surface area (TPSA) is 26.0 Å². The van der Waals surface area contributed by atoms with Gasteiger partial charge < -0.3 is 5.73 Å². The third kappa shape index (κ3) is 14.2. The Morgan fingerprint density at radius 1 is 0.579 bits per heavy atom. The number of nitrogens with two attached hydrogens (primary N) is 1. The molecule has 116 valence electrons. The molecule has 0 saturated carbocycles. The summed E-state index contributed by atoms with van der Waals surface area (Å²) in [4.78, 5) is 0. The quantitative estimate of drug-likeness (QED) is 0.359.